The summed E-state index contributed by atoms with van der Waals surface area (Å²) in [5.74, 6) is -0.565. The summed E-state index contributed by atoms with van der Waals surface area (Å²) in [4.78, 5) is 31.5. The van der Waals surface area contributed by atoms with E-state index >= 15 is 0 Å². The molecule has 4 aromatic rings. The number of anilines is 1. The first-order valence-electron chi connectivity index (χ1n) is 9.30. The van der Waals surface area contributed by atoms with Crippen molar-refractivity contribution >= 4 is 28.7 Å². The molecule has 8 heteroatoms. The van der Waals surface area contributed by atoms with Crippen molar-refractivity contribution in [2.45, 2.75) is 20.0 Å². The number of rotatable bonds is 5. The van der Waals surface area contributed by atoms with Gasteiger partial charge in [0.15, 0.2) is 11.9 Å². The van der Waals surface area contributed by atoms with E-state index in [1.54, 1.807) is 44.3 Å². The van der Waals surface area contributed by atoms with Crippen LogP contribution < -0.4 is 4.90 Å². The number of esters is 1. The second-order valence-corrected chi connectivity index (χ2v) is 6.76. The van der Waals surface area contributed by atoms with E-state index in [1.165, 1.54) is 18.1 Å². The van der Waals surface area contributed by atoms with Crippen LogP contribution in [-0.2, 0) is 9.53 Å². The highest BCUT2D eigenvalue weighted by Gasteiger charge is 2.26. The van der Waals surface area contributed by atoms with E-state index in [2.05, 4.69) is 10.1 Å². The van der Waals surface area contributed by atoms with Gasteiger partial charge >= 0.3 is 5.97 Å². The zero-order chi connectivity index (χ0) is 21.3. The number of pyridine rings is 1. The second kappa shape index (κ2) is 7.82. The normalized spacial score (nSPS) is 12.0. The minimum Gasteiger partial charge on any atom is -0.463 e. The Morgan fingerprint density at radius 3 is 2.60 bits per heavy atom. The van der Waals surface area contributed by atoms with Crippen LogP contribution in [0.15, 0.2) is 63.7 Å². The van der Waals surface area contributed by atoms with Gasteiger partial charge in [0.2, 0.25) is 0 Å². The molecule has 0 bridgehead atoms. The van der Waals surface area contributed by atoms with E-state index in [0.29, 0.717) is 28.2 Å². The molecule has 0 aliphatic heterocycles. The monoisotopic (exact) mass is 405 g/mol. The third-order valence-corrected chi connectivity index (χ3v) is 4.72. The number of furan rings is 1. The van der Waals surface area contributed by atoms with Gasteiger partial charge in [0.1, 0.15) is 5.69 Å². The van der Waals surface area contributed by atoms with Crippen LogP contribution in [0.4, 0.5) is 5.69 Å². The molecule has 1 atom stereocenters. The van der Waals surface area contributed by atoms with E-state index in [0.717, 1.165) is 0 Å². The number of fused-ring (bicyclic) bond motifs is 1. The fraction of sp³-hybridized carbons (Fsp3) is 0.182. The van der Waals surface area contributed by atoms with E-state index < -0.39 is 12.1 Å². The maximum Gasteiger partial charge on any atom is 0.339 e. The Kier molecular flexibility index (Phi) is 5.05. The topological polar surface area (TPSA) is 98.7 Å². The number of benzene rings is 1. The van der Waals surface area contributed by atoms with E-state index in [9.17, 15) is 9.59 Å². The van der Waals surface area contributed by atoms with Crippen LogP contribution in [0.25, 0.3) is 22.6 Å². The fourth-order valence-corrected chi connectivity index (χ4v) is 3.13. The molecule has 0 spiro atoms. The van der Waals surface area contributed by atoms with Crippen molar-refractivity contribution in [2.75, 3.05) is 11.9 Å². The maximum atomic E-state index is 13.0. The van der Waals surface area contributed by atoms with Crippen LogP contribution in [0.2, 0.25) is 0 Å². The van der Waals surface area contributed by atoms with Crippen LogP contribution in [0, 0.1) is 6.92 Å². The van der Waals surface area contributed by atoms with Gasteiger partial charge in [0.05, 0.1) is 22.9 Å². The van der Waals surface area contributed by atoms with E-state index in [-0.39, 0.29) is 17.2 Å². The van der Waals surface area contributed by atoms with Gasteiger partial charge in [0, 0.05) is 12.7 Å². The van der Waals surface area contributed by atoms with Crippen LogP contribution >= 0.6 is 0 Å². The van der Waals surface area contributed by atoms with Gasteiger partial charge in [-0.2, -0.15) is 0 Å². The van der Waals surface area contributed by atoms with Gasteiger partial charge in [0.25, 0.3) is 11.6 Å². The predicted octanol–water partition coefficient (Wildman–Crippen LogP) is 4.00. The Morgan fingerprint density at radius 2 is 1.90 bits per heavy atom. The lowest BCUT2D eigenvalue weighted by Crippen LogP contribution is -2.37. The quantitative estimate of drug-likeness (QED) is 0.463. The summed E-state index contributed by atoms with van der Waals surface area (Å²) >= 11 is 0. The summed E-state index contributed by atoms with van der Waals surface area (Å²) in [6.07, 6.45) is 0.503. The Bertz CT molecular complexity index is 1200. The first kappa shape index (κ1) is 19.4. The summed E-state index contributed by atoms with van der Waals surface area (Å²) in [6.45, 7) is 3.24. The molecule has 30 heavy (non-hydrogen) atoms. The number of hydrogen-bond donors (Lipinski definition) is 0. The smallest absolute Gasteiger partial charge is 0.339 e. The van der Waals surface area contributed by atoms with Crippen molar-refractivity contribution in [1.29, 1.82) is 0 Å². The first-order valence-corrected chi connectivity index (χ1v) is 9.30. The number of ether oxygens (including phenoxy) is 1. The molecule has 4 rings (SSSR count). The lowest BCUT2D eigenvalue weighted by atomic mass is 10.1. The van der Waals surface area contributed by atoms with E-state index in [4.69, 9.17) is 13.7 Å². The highest BCUT2D eigenvalue weighted by atomic mass is 16.5. The van der Waals surface area contributed by atoms with Crippen LogP contribution in [0.5, 0.6) is 0 Å². The van der Waals surface area contributed by atoms with Crippen LogP contribution in [0.1, 0.15) is 23.0 Å². The third kappa shape index (κ3) is 3.55. The Hall–Kier alpha value is -3.94. The second-order valence-electron chi connectivity index (χ2n) is 6.76. The predicted molar refractivity (Wildman–Crippen MR) is 109 cm³/mol. The fourth-order valence-electron chi connectivity index (χ4n) is 3.13. The largest absolute Gasteiger partial charge is 0.463 e. The molecule has 0 aliphatic rings. The van der Waals surface area contributed by atoms with Gasteiger partial charge in [-0.15, -0.1) is 0 Å². The van der Waals surface area contributed by atoms with Gasteiger partial charge in [-0.05, 0) is 44.2 Å². The number of likely N-dealkylation sites (N-methyl/N-ethyl adjacent to an activating group) is 1. The minimum atomic E-state index is -1.00. The standard InChI is InChI=1S/C22H19N3O5/c1-13-19-16(12-17(18-10-7-11-28-18)23-20(19)30-24-13)22(27)29-14(2)21(26)25(3)15-8-5-4-6-9-15/h4-12,14H,1-3H3. The highest BCUT2D eigenvalue weighted by Crippen LogP contribution is 2.28. The number of amides is 1. The third-order valence-electron chi connectivity index (χ3n) is 4.72. The molecule has 3 heterocycles. The number of hydrogen-bond acceptors (Lipinski definition) is 7. The SMILES string of the molecule is Cc1noc2nc(-c3ccco3)cc(C(=O)OC(C)C(=O)N(C)c3ccccc3)c12. The van der Waals surface area contributed by atoms with Crippen molar-refractivity contribution in [2.24, 2.45) is 0 Å². The number of carbonyl (C=O) groups is 2. The molecule has 0 radical (unpaired) electrons. The van der Waals surface area contributed by atoms with Crippen LogP contribution in [0.3, 0.4) is 0 Å². The molecule has 152 valence electrons. The van der Waals surface area contributed by atoms with Gasteiger partial charge in [-0.25, -0.2) is 9.78 Å². The summed E-state index contributed by atoms with van der Waals surface area (Å²) < 4.78 is 16.1. The van der Waals surface area contributed by atoms with Crippen molar-refractivity contribution < 1.29 is 23.3 Å². The van der Waals surface area contributed by atoms with E-state index in [1.807, 2.05) is 18.2 Å². The zero-order valence-corrected chi connectivity index (χ0v) is 16.7. The summed E-state index contributed by atoms with van der Waals surface area (Å²) in [5, 5.41) is 4.33. The summed E-state index contributed by atoms with van der Waals surface area (Å²) in [5.41, 5.74) is 1.99. The summed E-state index contributed by atoms with van der Waals surface area (Å²) in [6, 6.07) is 14.1. The molecule has 0 saturated carbocycles. The number of nitrogens with zero attached hydrogens (tertiary/aromatic N) is 3. The lowest BCUT2D eigenvalue weighted by molar-refractivity contribution is -0.126. The highest BCUT2D eigenvalue weighted by molar-refractivity contribution is 6.05. The van der Waals surface area contributed by atoms with Crippen molar-refractivity contribution in [1.82, 2.24) is 10.1 Å². The summed E-state index contributed by atoms with van der Waals surface area (Å²) in [7, 11) is 1.63. The molecule has 1 amide bonds. The Balaban J connectivity index is 1.63. The molecule has 3 aromatic heterocycles. The number of para-hydroxylation sites is 1. The maximum absolute atomic E-state index is 13.0. The zero-order valence-electron chi connectivity index (χ0n) is 16.7. The number of carbonyl (C=O) groups excluding carboxylic acids is 2. The number of aryl methyl sites for hydroxylation is 1. The molecule has 8 nitrogen and oxygen atoms in total. The molecule has 0 saturated heterocycles. The molecule has 0 N–H and O–H groups in total. The van der Waals surface area contributed by atoms with Gasteiger partial charge in [-0.1, -0.05) is 23.4 Å². The lowest BCUT2D eigenvalue weighted by Gasteiger charge is -2.21. The molecule has 0 aliphatic carbocycles. The average molecular weight is 405 g/mol. The minimum absolute atomic E-state index is 0.189. The van der Waals surface area contributed by atoms with Crippen molar-refractivity contribution in [3.8, 4) is 11.5 Å². The Morgan fingerprint density at radius 1 is 1.13 bits per heavy atom. The molecular formula is C22H19N3O5. The van der Waals surface area contributed by atoms with Crippen LogP contribution in [-0.4, -0.2) is 35.2 Å². The Labute approximate surface area is 172 Å². The van der Waals surface area contributed by atoms with Crippen molar-refractivity contribution in [3.05, 3.63) is 66.1 Å². The van der Waals surface area contributed by atoms with Gasteiger partial charge in [-0.3, -0.25) is 4.79 Å². The van der Waals surface area contributed by atoms with Gasteiger partial charge < -0.3 is 18.6 Å². The van der Waals surface area contributed by atoms with Crippen molar-refractivity contribution in [3.63, 3.8) is 0 Å². The average Bonchev–Trinajstić information content (AvgIpc) is 3.43. The molecule has 1 unspecified atom stereocenters. The molecular weight excluding hydrogens is 386 g/mol. The first-order chi connectivity index (χ1) is 14.5. The molecule has 0 fully saturated rings. The number of aromatic nitrogens is 2. The molecule has 1 aromatic carbocycles.